The number of thioether (sulfide) groups is 1. The first kappa shape index (κ1) is 14.7. The predicted octanol–water partition coefficient (Wildman–Crippen LogP) is 2.40. The van der Waals surface area contributed by atoms with Gasteiger partial charge in [0.15, 0.2) is 5.16 Å². The second-order valence-electron chi connectivity index (χ2n) is 4.64. The highest BCUT2D eigenvalue weighted by Crippen LogP contribution is 2.35. The Labute approximate surface area is 120 Å². The van der Waals surface area contributed by atoms with E-state index < -0.39 is 0 Å². The van der Waals surface area contributed by atoms with Crippen molar-refractivity contribution in [1.82, 2.24) is 9.97 Å². The van der Waals surface area contributed by atoms with Crippen LogP contribution in [-0.2, 0) is 0 Å². The van der Waals surface area contributed by atoms with E-state index in [4.69, 9.17) is 5.73 Å². The summed E-state index contributed by atoms with van der Waals surface area (Å²) in [7, 11) is 0. The van der Waals surface area contributed by atoms with E-state index in [0.29, 0.717) is 10.9 Å². The van der Waals surface area contributed by atoms with E-state index in [2.05, 4.69) is 9.97 Å². The van der Waals surface area contributed by atoms with E-state index >= 15 is 0 Å². The van der Waals surface area contributed by atoms with Gasteiger partial charge in [-0.3, -0.25) is 4.79 Å². The van der Waals surface area contributed by atoms with E-state index in [1.807, 2.05) is 13.0 Å². The van der Waals surface area contributed by atoms with Crippen molar-refractivity contribution < 1.29 is 4.39 Å². The number of nitrogens with zero attached hydrogens (tertiary/aromatic N) is 1. The second kappa shape index (κ2) is 6.19. The quantitative estimate of drug-likeness (QED) is 0.670. The van der Waals surface area contributed by atoms with Gasteiger partial charge < -0.3 is 10.7 Å². The van der Waals surface area contributed by atoms with Gasteiger partial charge in [-0.05, 0) is 31.5 Å². The molecule has 2 rings (SSSR count). The lowest BCUT2D eigenvalue weighted by Gasteiger charge is -2.20. The maximum atomic E-state index is 13.3. The Morgan fingerprint density at radius 1 is 1.40 bits per heavy atom. The van der Waals surface area contributed by atoms with Crippen LogP contribution >= 0.6 is 11.8 Å². The highest BCUT2D eigenvalue weighted by molar-refractivity contribution is 7.99. The smallest absolute Gasteiger partial charge is 0.251 e. The molecule has 6 heteroatoms. The SMILES string of the molecule is Cc1cc(=O)[nH]c(SC(c2cccc(F)c2)C(C)N)n1. The van der Waals surface area contributed by atoms with E-state index in [0.717, 1.165) is 5.56 Å². The third kappa shape index (κ3) is 3.68. The first-order chi connectivity index (χ1) is 9.45. The molecule has 2 aromatic rings. The van der Waals surface area contributed by atoms with Crippen LogP contribution in [0.2, 0.25) is 0 Å². The molecule has 20 heavy (non-hydrogen) atoms. The van der Waals surface area contributed by atoms with Crippen molar-refractivity contribution in [3.63, 3.8) is 0 Å². The first-order valence-corrected chi connectivity index (χ1v) is 7.09. The van der Waals surface area contributed by atoms with Crippen LogP contribution in [0.1, 0.15) is 23.4 Å². The third-order valence-corrected chi connectivity index (χ3v) is 4.11. The molecule has 0 aliphatic rings. The lowest BCUT2D eigenvalue weighted by Crippen LogP contribution is -2.23. The Balaban J connectivity index is 2.32. The minimum Gasteiger partial charge on any atom is -0.327 e. The number of aromatic nitrogens is 2. The molecule has 2 unspecified atom stereocenters. The highest BCUT2D eigenvalue weighted by atomic mass is 32.2. The monoisotopic (exact) mass is 293 g/mol. The van der Waals surface area contributed by atoms with Crippen LogP contribution in [0.5, 0.6) is 0 Å². The van der Waals surface area contributed by atoms with Gasteiger partial charge in [-0.15, -0.1) is 0 Å². The molecule has 0 saturated carbocycles. The molecule has 2 atom stereocenters. The number of aromatic amines is 1. The number of halogens is 1. The van der Waals surface area contributed by atoms with Crippen molar-refractivity contribution in [2.24, 2.45) is 5.73 Å². The molecule has 0 amide bonds. The summed E-state index contributed by atoms with van der Waals surface area (Å²) in [5.41, 5.74) is 7.18. The molecule has 4 nitrogen and oxygen atoms in total. The van der Waals surface area contributed by atoms with Crippen molar-refractivity contribution in [2.75, 3.05) is 0 Å². The van der Waals surface area contributed by atoms with Crippen molar-refractivity contribution in [3.05, 3.63) is 57.8 Å². The standard InChI is InChI=1S/C14H16FN3OS/c1-8-6-12(19)18-14(17-8)20-13(9(2)16)10-4-3-5-11(15)7-10/h3-7,9,13H,16H2,1-2H3,(H,17,18,19). The minimum absolute atomic E-state index is 0.185. The molecule has 0 fully saturated rings. The van der Waals surface area contributed by atoms with Crippen LogP contribution in [0, 0.1) is 12.7 Å². The van der Waals surface area contributed by atoms with Gasteiger partial charge in [0.25, 0.3) is 5.56 Å². The highest BCUT2D eigenvalue weighted by Gasteiger charge is 2.19. The van der Waals surface area contributed by atoms with Crippen LogP contribution in [0.25, 0.3) is 0 Å². The molecular formula is C14H16FN3OS. The molecule has 0 aliphatic carbocycles. The number of H-pyrrole nitrogens is 1. The Bertz CT molecular complexity index is 657. The topological polar surface area (TPSA) is 71.8 Å². The molecule has 0 spiro atoms. The van der Waals surface area contributed by atoms with E-state index in [9.17, 15) is 9.18 Å². The Kier molecular flexibility index (Phi) is 4.57. The number of nitrogens with two attached hydrogens (primary N) is 1. The van der Waals surface area contributed by atoms with Crippen LogP contribution in [0.15, 0.2) is 40.3 Å². The van der Waals surface area contributed by atoms with Crippen LogP contribution in [0.3, 0.4) is 0 Å². The summed E-state index contributed by atoms with van der Waals surface area (Å²) in [5, 5.41) is 0.303. The fourth-order valence-corrected chi connectivity index (χ4v) is 2.98. The van der Waals surface area contributed by atoms with Gasteiger partial charge in [0.2, 0.25) is 0 Å². The lowest BCUT2D eigenvalue weighted by molar-refractivity contribution is 0.621. The Hall–Kier alpha value is -1.66. The zero-order chi connectivity index (χ0) is 14.7. The van der Waals surface area contributed by atoms with Gasteiger partial charge in [-0.2, -0.15) is 0 Å². The van der Waals surface area contributed by atoms with Crippen molar-refractivity contribution in [2.45, 2.75) is 30.3 Å². The third-order valence-electron chi connectivity index (χ3n) is 2.74. The van der Waals surface area contributed by atoms with E-state index in [1.165, 1.54) is 30.0 Å². The van der Waals surface area contributed by atoms with Crippen LogP contribution < -0.4 is 11.3 Å². The average molecular weight is 293 g/mol. The maximum absolute atomic E-state index is 13.3. The number of aryl methyl sites for hydroxylation is 1. The molecule has 106 valence electrons. The molecule has 1 aromatic heterocycles. The summed E-state index contributed by atoms with van der Waals surface area (Å²) in [6.45, 7) is 3.60. The number of nitrogens with one attached hydrogen (secondary N) is 1. The van der Waals surface area contributed by atoms with Crippen molar-refractivity contribution >= 4 is 11.8 Å². The first-order valence-electron chi connectivity index (χ1n) is 6.21. The van der Waals surface area contributed by atoms with Gasteiger partial charge in [0, 0.05) is 17.8 Å². The summed E-state index contributed by atoms with van der Waals surface area (Å²) >= 11 is 1.33. The fraction of sp³-hybridized carbons (Fsp3) is 0.286. The molecular weight excluding hydrogens is 277 g/mol. The molecule has 0 saturated heterocycles. The summed E-state index contributed by atoms with van der Waals surface area (Å²) in [6.07, 6.45) is 0. The minimum atomic E-state index is -0.306. The Morgan fingerprint density at radius 3 is 2.75 bits per heavy atom. The number of benzene rings is 1. The zero-order valence-corrected chi connectivity index (χ0v) is 12.1. The average Bonchev–Trinajstić information content (AvgIpc) is 2.34. The number of rotatable bonds is 4. The molecule has 1 aromatic carbocycles. The maximum Gasteiger partial charge on any atom is 0.251 e. The van der Waals surface area contributed by atoms with Crippen molar-refractivity contribution in [3.8, 4) is 0 Å². The summed E-state index contributed by atoms with van der Waals surface area (Å²) in [6, 6.07) is 7.51. The normalized spacial score (nSPS) is 14.0. The van der Waals surface area contributed by atoms with Gasteiger partial charge in [-0.25, -0.2) is 9.37 Å². The summed E-state index contributed by atoms with van der Waals surface area (Å²) in [4.78, 5) is 18.4. The van der Waals surface area contributed by atoms with Crippen molar-refractivity contribution in [1.29, 1.82) is 0 Å². The number of hydrogen-bond donors (Lipinski definition) is 2. The van der Waals surface area contributed by atoms with Gasteiger partial charge in [0.05, 0.1) is 5.25 Å². The van der Waals surface area contributed by atoms with Gasteiger partial charge >= 0.3 is 0 Å². The predicted molar refractivity (Wildman–Crippen MR) is 78.2 cm³/mol. The van der Waals surface area contributed by atoms with Gasteiger partial charge in [-0.1, -0.05) is 23.9 Å². The Morgan fingerprint density at radius 2 is 2.15 bits per heavy atom. The molecule has 0 aliphatic heterocycles. The fourth-order valence-electron chi connectivity index (χ4n) is 1.89. The van der Waals surface area contributed by atoms with Crippen LogP contribution in [0.4, 0.5) is 4.39 Å². The second-order valence-corrected chi connectivity index (χ2v) is 5.77. The summed E-state index contributed by atoms with van der Waals surface area (Å²) < 4.78 is 13.3. The van der Waals surface area contributed by atoms with E-state index in [-0.39, 0.29) is 22.7 Å². The van der Waals surface area contributed by atoms with E-state index in [1.54, 1.807) is 13.0 Å². The van der Waals surface area contributed by atoms with Gasteiger partial charge in [0.1, 0.15) is 5.82 Å². The molecule has 3 N–H and O–H groups in total. The number of hydrogen-bond acceptors (Lipinski definition) is 4. The largest absolute Gasteiger partial charge is 0.327 e. The molecule has 0 bridgehead atoms. The van der Waals surface area contributed by atoms with Crippen LogP contribution in [-0.4, -0.2) is 16.0 Å². The lowest BCUT2D eigenvalue weighted by atomic mass is 10.1. The zero-order valence-electron chi connectivity index (χ0n) is 11.3. The summed E-state index contributed by atoms with van der Waals surface area (Å²) in [5.74, 6) is -0.306. The molecule has 1 heterocycles. The molecule has 0 radical (unpaired) electrons.